The van der Waals surface area contributed by atoms with E-state index in [1.165, 1.54) is 0 Å². The molecule has 0 aliphatic heterocycles. The molecule has 0 amide bonds. The second kappa shape index (κ2) is 4.88. The van der Waals surface area contributed by atoms with Crippen LogP contribution in [0.15, 0.2) is 0 Å². The predicted molar refractivity (Wildman–Crippen MR) is 45.4 cm³/mol. The molecule has 0 aromatic heterocycles. The Morgan fingerprint density at radius 1 is 1.00 bits per heavy atom. The predicted octanol–water partition coefficient (Wildman–Crippen LogP) is 2.15. The van der Waals surface area contributed by atoms with E-state index in [9.17, 15) is 0 Å². The lowest BCUT2D eigenvalue weighted by atomic mass is 10.9. The molecule has 0 N–H and O–H groups in total. The minimum atomic E-state index is -1.72. The molecule has 0 radical (unpaired) electrons. The highest BCUT2D eigenvalue weighted by Crippen LogP contribution is 2.11. The lowest BCUT2D eigenvalue weighted by Gasteiger charge is -2.23. The Morgan fingerprint density at radius 3 is 1.60 bits per heavy atom. The summed E-state index contributed by atoms with van der Waals surface area (Å²) in [5.74, 6) is 0. The van der Waals surface area contributed by atoms with Crippen molar-refractivity contribution in [1.82, 2.24) is 0 Å². The molecule has 0 fully saturated rings. The van der Waals surface area contributed by atoms with Gasteiger partial charge in [-0.25, -0.2) is 0 Å². The fourth-order valence-electron chi connectivity index (χ4n) is 0.856. The van der Waals surface area contributed by atoms with Crippen LogP contribution in [0.3, 0.4) is 0 Å². The van der Waals surface area contributed by atoms with Crippen molar-refractivity contribution in [2.24, 2.45) is 0 Å². The number of hydrogen-bond acceptors (Lipinski definition) is 2. The molecular formula is C7H18O2Si. The molecule has 10 heavy (non-hydrogen) atoms. The Bertz CT molecular complexity index is 79.7. The van der Waals surface area contributed by atoms with E-state index in [0.717, 1.165) is 19.3 Å². The minimum Gasteiger partial charge on any atom is -0.395 e. The molecule has 2 nitrogen and oxygen atoms in total. The molecule has 0 spiro atoms. The highest BCUT2D eigenvalue weighted by Gasteiger charge is 2.27. The van der Waals surface area contributed by atoms with Gasteiger partial charge in [0.2, 0.25) is 0 Å². The summed E-state index contributed by atoms with van der Waals surface area (Å²) in [5, 5.41) is 0. The van der Waals surface area contributed by atoms with Crippen molar-refractivity contribution in [2.75, 3.05) is 13.2 Å². The molecule has 0 atom stereocenters. The van der Waals surface area contributed by atoms with Crippen LogP contribution in [0.1, 0.15) is 20.8 Å². The van der Waals surface area contributed by atoms with E-state index in [1.807, 2.05) is 13.8 Å². The quantitative estimate of drug-likeness (QED) is 0.577. The molecule has 0 rings (SSSR count). The van der Waals surface area contributed by atoms with Gasteiger partial charge in [0.25, 0.3) is 0 Å². The molecular weight excluding hydrogens is 144 g/mol. The first-order valence-electron chi connectivity index (χ1n) is 3.96. The van der Waals surface area contributed by atoms with Gasteiger partial charge < -0.3 is 8.85 Å². The number of hydrogen-bond donors (Lipinski definition) is 0. The van der Waals surface area contributed by atoms with Gasteiger partial charge in [0.1, 0.15) is 0 Å². The molecule has 0 bridgehead atoms. The standard InChI is InChI=1S/C7H18O2Si/c1-5-8-10(4,7-3)9-6-2/h5-7H2,1-4H3. The molecule has 0 aromatic rings. The molecule has 0 saturated heterocycles. The third-order valence-corrected chi connectivity index (χ3v) is 4.62. The van der Waals surface area contributed by atoms with Crippen LogP contribution in [-0.2, 0) is 8.85 Å². The van der Waals surface area contributed by atoms with Gasteiger partial charge in [-0.2, -0.15) is 0 Å². The van der Waals surface area contributed by atoms with Gasteiger partial charge in [-0.05, 0) is 26.4 Å². The van der Waals surface area contributed by atoms with Crippen LogP contribution in [0, 0.1) is 0 Å². The first kappa shape index (κ1) is 10.1. The van der Waals surface area contributed by atoms with Crippen LogP contribution in [0.4, 0.5) is 0 Å². The van der Waals surface area contributed by atoms with Gasteiger partial charge in [-0.15, -0.1) is 0 Å². The van der Waals surface area contributed by atoms with E-state index >= 15 is 0 Å². The zero-order valence-corrected chi connectivity index (χ0v) is 8.44. The molecule has 3 heteroatoms. The summed E-state index contributed by atoms with van der Waals surface area (Å²) in [7, 11) is -1.72. The Morgan fingerprint density at radius 2 is 1.40 bits per heavy atom. The average molecular weight is 162 g/mol. The smallest absolute Gasteiger partial charge is 0.334 e. The third kappa shape index (κ3) is 3.34. The van der Waals surface area contributed by atoms with E-state index in [0.29, 0.717) is 0 Å². The van der Waals surface area contributed by atoms with Gasteiger partial charge in [0.05, 0.1) is 0 Å². The fraction of sp³-hybridized carbons (Fsp3) is 1.00. The van der Waals surface area contributed by atoms with Crippen LogP contribution < -0.4 is 0 Å². The minimum absolute atomic E-state index is 0.774. The second-order valence-electron chi connectivity index (χ2n) is 2.35. The largest absolute Gasteiger partial charge is 0.395 e. The summed E-state index contributed by atoms with van der Waals surface area (Å²) >= 11 is 0. The summed E-state index contributed by atoms with van der Waals surface area (Å²) in [4.78, 5) is 0. The highest BCUT2D eigenvalue weighted by molar-refractivity contribution is 6.65. The number of rotatable bonds is 5. The summed E-state index contributed by atoms with van der Waals surface area (Å²) in [5.41, 5.74) is 0. The van der Waals surface area contributed by atoms with Crippen molar-refractivity contribution >= 4 is 8.56 Å². The zero-order chi connectivity index (χ0) is 8.04. The van der Waals surface area contributed by atoms with Crippen LogP contribution in [0.5, 0.6) is 0 Å². The highest BCUT2D eigenvalue weighted by atomic mass is 28.4. The van der Waals surface area contributed by atoms with Crippen molar-refractivity contribution < 1.29 is 8.85 Å². The summed E-state index contributed by atoms with van der Waals surface area (Å²) in [6.07, 6.45) is 0. The third-order valence-electron chi connectivity index (χ3n) is 1.54. The monoisotopic (exact) mass is 162 g/mol. The van der Waals surface area contributed by atoms with Crippen LogP contribution in [0.2, 0.25) is 12.6 Å². The van der Waals surface area contributed by atoms with Gasteiger partial charge in [-0.1, -0.05) is 6.92 Å². The van der Waals surface area contributed by atoms with Crippen LogP contribution in [0.25, 0.3) is 0 Å². The average Bonchev–Trinajstić information content (AvgIpc) is 1.89. The maximum atomic E-state index is 5.54. The SMILES string of the molecule is CCO[Si](C)(CC)OCC. The Hall–Kier alpha value is 0.137. The van der Waals surface area contributed by atoms with Gasteiger partial charge in [0, 0.05) is 13.2 Å². The van der Waals surface area contributed by atoms with Crippen molar-refractivity contribution in [3.63, 3.8) is 0 Å². The lowest BCUT2D eigenvalue weighted by molar-refractivity contribution is 0.190. The van der Waals surface area contributed by atoms with E-state index < -0.39 is 8.56 Å². The lowest BCUT2D eigenvalue weighted by Crippen LogP contribution is -2.37. The van der Waals surface area contributed by atoms with Crippen molar-refractivity contribution in [2.45, 2.75) is 33.4 Å². The summed E-state index contributed by atoms with van der Waals surface area (Å²) in [6, 6.07) is 1.04. The zero-order valence-electron chi connectivity index (χ0n) is 7.44. The molecule has 0 aliphatic rings. The Balaban J connectivity index is 3.69. The summed E-state index contributed by atoms with van der Waals surface area (Å²) in [6.45, 7) is 9.81. The maximum absolute atomic E-state index is 5.54. The van der Waals surface area contributed by atoms with E-state index in [4.69, 9.17) is 8.85 Å². The molecule has 0 unspecified atom stereocenters. The first-order valence-corrected chi connectivity index (χ1v) is 6.48. The molecule has 0 aromatic carbocycles. The Kier molecular flexibility index (Phi) is 4.94. The van der Waals surface area contributed by atoms with Gasteiger partial charge in [0.15, 0.2) is 0 Å². The fourth-order valence-corrected chi connectivity index (χ4v) is 2.57. The van der Waals surface area contributed by atoms with Crippen LogP contribution in [-0.4, -0.2) is 21.8 Å². The Labute approximate surface area is 64.8 Å². The first-order chi connectivity index (χ1) is 4.68. The maximum Gasteiger partial charge on any atom is 0.334 e. The summed E-state index contributed by atoms with van der Waals surface area (Å²) < 4.78 is 11.1. The van der Waals surface area contributed by atoms with E-state index in [1.54, 1.807) is 0 Å². The topological polar surface area (TPSA) is 18.5 Å². The normalized spacial score (nSPS) is 12.0. The molecule has 0 heterocycles. The second-order valence-corrected chi connectivity index (χ2v) is 5.91. The van der Waals surface area contributed by atoms with Crippen LogP contribution >= 0.6 is 0 Å². The van der Waals surface area contributed by atoms with Crippen molar-refractivity contribution in [1.29, 1.82) is 0 Å². The van der Waals surface area contributed by atoms with Crippen molar-refractivity contribution in [3.8, 4) is 0 Å². The molecule has 0 aliphatic carbocycles. The van der Waals surface area contributed by atoms with Gasteiger partial charge in [-0.3, -0.25) is 0 Å². The van der Waals surface area contributed by atoms with Crippen molar-refractivity contribution in [3.05, 3.63) is 0 Å². The van der Waals surface area contributed by atoms with E-state index in [2.05, 4.69) is 13.5 Å². The van der Waals surface area contributed by atoms with E-state index in [-0.39, 0.29) is 0 Å². The molecule has 62 valence electrons. The molecule has 0 saturated carbocycles. The van der Waals surface area contributed by atoms with Gasteiger partial charge >= 0.3 is 8.56 Å².